The molecule has 1 unspecified atom stereocenters. The van der Waals surface area contributed by atoms with Crippen LogP contribution in [0.25, 0.3) is 0 Å². The number of rotatable bonds is 12. The van der Waals surface area contributed by atoms with Crippen LogP contribution in [0.2, 0.25) is 0 Å². The SMILES string of the molecule is CC.CCCC(C)(CC)N=CN=CN.CN(C)/C=C\SCN=Nc1ccc(Nc2ccc(N)cc2)cc1. The van der Waals surface area contributed by atoms with Crippen molar-refractivity contribution in [2.75, 3.05) is 31.0 Å². The number of hydrogen-bond acceptors (Lipinski definition) is 7. The first-order chi connectivity index (χ1) is 17.8. The summed E-state index contributed by atoms with van der Waals surface area (Å²) in [4.78, 5) is 10.1. The Bertz CT molecular complexity index is 938. The van der Waals surface area contributed by atoms with Gasteiger partial charge in [0.2, 0.25) is 0 Å². The van der Waals surface area contributed by atoms with Crippen molar-refractivity contribution in [3.05, 3.63) is 60.1 Å². The third kappa shape index (κ3) is 16.9. The molecule has 2 aromatic rings. The van der Waals surface area contributed by atoms with Crippen molar-refractivity contribution in [3.63, 3.8) is 0 Å². The molecule has 0 fully saturated rings. The summed E-state index contributed by atoms with van der Waals surface area (Å²) in [5, 5.41) is 13.6. The first kappa shape index (κ1) is 33.7. The molecular formula is C28H46N8S. The van der Waals surface area contributed by atoms with Crippen molar-refractivity contribution < 1.29 is 0 Å². The first-order valence-corrected chi connectivity index (χ1v) is 13.7. The molecule has 0 amide bonds. The minimum atomic E-state index is 0.0429. The van der Waals surface area contributed by atoms with E-state index >= 15 is 0 Å². The average Bonchev–Trinajstić information content (AvgIpc) is 2.90. The maximum absolute atomic E-state index is 5.67. The summed E-state index contributed by atoms with van der Waals surface area (Å²) >= 11 is 1.60. The number of nitrogens with two attached hydrogens (primary N) is 2. The zero-order chi connectivity index (χ0) is 27.9. The van der Waals surface area contributed by atoms with Gasteiger partial charge in [-0.25, -0.2) is 4.99 Å². The summed E-state index contributed by atoms with van der Waals surface area (Å²) in [5.74, 6) is 0.607. The van der Waals surface area contributed by atoms with Gasteiger partial charge in [-0.2, -0.15) is 10.2 Å². The second-order valence-electron chi connectivity index (χ2n) is 8.22. The van der Waals surface area contributed by atoms with E-state index in [1.165, 1.54) is 6.34 Å². The molecule has 0 aliphatic carbocycles. The number of azo groups is 1. The lowest BCUT2D eigenvalue weighted by atomic mass is 9.94. The summed E-state index contributed by atoms with van der Waals surface area (Å²) in [6.07, 6.45) is 8.06. The Hall–Kier alpha value is -3.33. The van der Waals surface area contributed by atoms with E-state index in [1.807, 2.05) is 93.0 Å². The monoisotopic (exact) mass is 526 g/mol. The quantitative estimate of drug-likeness (QED) is 0.0857. The van der Waals surface area contributed by atoms with Crippen LogP contribution in [0, 0.1) is 0 Å². The summed E-state index contributed by atoms with van der Waals surface area (Å²) in [7, 11) is 3.97. The first-order valence-electron chi connectivity index (χ1n) is 12.6. The van der Waals surface area contributed by atoms with Crippen LogP contribution in [-0.4, -0.2) is 43.1 Å². The minimum absolute atomic E-state index is 0.0429. The van der Waals surface area contributed by atoms with Crippen molar-refractivity contribution >= 4 is 47.2 Å². The Kier molecular flexibility index (Phi) is 18.9. The van der Waals surface area contributed by atoms with Gasteiger partial charge in [-0.3, -0.25) is 4.99 Å². The van der Waals surface area contributed by atoms with Crippen molar-refractivity contribution in [3.8, 4) is 0 Å². The molecule has 0 saturated heterocycles. The second kappa shape index (κ2) is 20.8. The average molecular weight is 527 g/mol. The number of nitrogens with zero attached hydrogens (tertiary/aromatic N) is 5. The van der Waals surface area contributed by atoms with E-state index in [2.05, 4.69) is 46.3 Å². The summed E-state index contributed by atoms with van der Waals surface area (Å²) in [6.45, 7) is 10.4. The van der Waals surface area contributed by atoms with Gasteiger partial charge in [0.05, 0.1) is 17.6 Å². The fourth-order valence-electron chi connectivity index (χ4n) is 2.78. The zero-order valence-corrected chi connectivity index (χ0v) is 24.4. The van der Waals surface area contributed by atoms with E-state index in [1.54, 1.807) is 18.1 Å². The lowest BCUT2D eigenvalue weighted by Crippen LogP contribution is -2.20. The van der Waals surface area contributed by atoms with Crippen molar-refractivity contribution in [2.24, 2.45) is 25.9 Å². The molecule has 2 rings (SSSR count). The third-order valence-electron chi connectivity index (χ3n) is 4.91. The second-order valence-corrected chi connectivity index (χ2v) is 9.09. The predicted molar refractivity (Wildman–Crippen MR) is 167 cm³/mol. The Morgan fingerprint density at radius 3 is 2.11 bits per heavy atom. The van der Waals surface area contributed by atoms with Gasteiger partial charge < -0.3 is 21.7 Å². The number of hydrogen-bond donors (Lipinski definition) is 3. The van der Waals surface area contributed by atoms with Crippen molar-refractivity contribution in [2.45, 2.75) is 59.4 Å². The van der Waals surface area contributed by atoms with Crippen molar-refractivity contribution in [1.82, 2.24) is 4.90 Å². The molecule has 37 heavy (non-hydrogen) atoms. The molecule has 2 aromatic carbocycles. The van der Waals surface area contributed by atoms with E-state index in [0.717, 1.165) is 42.0 Å². The maximum atomic E-state index is 5.67. The predicted octanol–water partition coefficient (Wildman–Crippen LogP) is 7.82. The molecule has 9 heteroatoms. The molecule has 0 spiro atoms. The van der Waals surface area contributed by atoms with Gasteiger partial charge in [0.1, 0.15) is 12.2 Å². The number of nitrogen functional groups attached to an aromatic ring is 1. The lowest BCUT2D eigenvalue weighted by Gasteiger charge is -2.21. The highest BCUT2D eigenvalue weighted by Gasteiger charge is 2.17. The highest BCUT2D eigenvalue weighted by atomic mass is 32.2. The van der Waals surface area contributed by atoms with Crippen molar-refractivity contribution in [1.29, 1.82) is 0 Å². The maximum Gasteiger partial charge on any atom is 0.112 e. The van der Waals surface area contributed by atoms with Gasteiger partial charge in [0.25, 0.3) is 0 Å². The molecule has 1 atom stereocenters. The Morgan fingerprint density at radius 1 is 1.00 bits per heavy atom. The Morgan fingerprint density at radius 2 is 1.59 bits per heavy atom. The molecule has 0 heterocycles. The molecule has 0 aliphatic heterocycles. The van der Waals surface area contributed by atoms with Crippen LogP contribution in [0.15, 0.2) is 80.4 Å². The minimum Gasteiger partial charge on any atom is -0.399 e. The highest BCUT2D eigenvalue weighted by Crippen LogP contribution is 2.22. The topological polar surface area (TPSA) is 117 Å². The summed E-state index contributed by atoms with van der Waals surface area (Å²) < 4.78 is 0. The van der Waals surface area contributed by atoms with Crippen LogP contribution >= 0.6 is 11.8 Å². The van der Waals surface area contributed by atoms with E-state index in [-0.39, 0.29) is 5.54 Å². The van der Waals surface area contributed by atoms with Crippen LogP contribution in [0.4, 0.5) is 22.7 Å². The molecule has 5 N–H and O–H groups in total. The van der Waals surface area contributed by atoms with Crippen LogP contribution in [-0.2, 0) is 0 Å². The fourth-order valence-corrected chi connectivity index (χ4v) is 3.32. The standard InChI is InChI=1S/C17H21N5S.C9H19N3.C2H6/c1-22(2)11-12-23-13-19-21-17-9-7-16(8-10-17)20-15-5-3-14(18)4-6-15;1-4-6-9(3,5-2)12-8-11-7-10;1-2/h3-12,20H,13,18H2,1-2H3;7-8H,4-6H2,1-3H3,(H2,10,11,12);1-2H3/b12-11-,21-19?;;. The Balaban J connectivity index is 0.000000786. The molecule has 0 bridgehead atoms. The summed E-state index contributed by atoms with van der Waals surface area (Å²) in [6, 6.07) is 15.4. The van der Waals surface area contributed by atoms with E-state index in [9.17, 15) is 0 Å². The van der Waals surface area contributed by atoms with Crippen LogP contribution in [0.5, 0.6) is 0 Å². The van der Waals surface area contributed by atoms with Gasteiger partial charge >= 0.3 is 0 Å². The van der Waals surface area contributed by atoms with Crippen LogP contribution in [0.1, 0.15) is 53.9 Å². The normalized spacial score (nSPS) is 12.7. The largest absolute Gasteiger partial charge is 0.399 e. The molecule has 8 nitrogen and oxygen atoms in total. The van der Waals surface area contributed by atoms with Gasteiger partial charge in [-0.15, -0.1) is 11.8 Å². The van der Waals surface area contributed by atoms with Gasteiger partial charge in [-0.1, -0.05) is 34.1 Å². The highest BCUT2D eigenvalue weighted by molar-refractivity contribution is 8.02. The Labute approximate surface area is 228 Å². The van der Waals surface area contributed by atoms with E-state index in [0.29, 0.717) is 5.88 Å². The van der Waals surface area contributed by atoms with Crippen LogP contribution < -0.4 is 16.8 Å². The number of benzene rings is 2. The smallest absolute Gasteiger partial charge is 0.112 e. The lowest BCUT2D eigenvalue weighted by molar-refractivity contribution is 0.418. The van der Waals surface area contributed by atoms with Gasteiger partial charge in [0.15, 0.2) is 0 Å². The number of nitrogens with one attached hydrogen (secondary N) is 1. The summed E-state index contributed by atoms with van der Waals surface area (Å²) in [5.41, 5.74) is 14.4. The molecule has 0 radical (unpaired) electrons. The van der Waals surface area contributed by atoms with E-state index in [4.69, 9.17) is 11.5 Å². The third-order valence-corrected chi connectivity index (χ3v) is 5.49. The van der Waals surface area contributed by atoms with E-state index < -0.39 is 0 Å². The fraction of sp³-hybridized carbons (Fsp3) is 0.429. The molecular weight excluding hydrogens is 480 g/mol. The number of aliphatic imine (C=N–C) groups is 2. The zero-order valence-electron chi connectivity index (χ0n) is 23.6. The van der Waals surface area contributed by atoms with Gasteiger partial charge in [0, 0.05) is 37.4 Å². The number of thioether (sulfide) groups is 1. The molecule has 204 valence electrons. The van der Waals surface area contributed by atoms with Crippen LogP contribution in [0.3, 0.4) is 0 Å². The molecule has 0 aliphatic rings. The molecule has 0 aromatic heterocycles. The molecule has 0 saturated carbocycles. The van der Waals surface area contributed by atoms with Gasteiger partial charge in [-0.05, 0) is 73.7 Å². The number of anilines is 3.